The minimum Gasteiger partial charge on any atom is -0.481 e. The molecule has 2 N–H and O–H groups in total. The summed E-state index contributed by atoms with van der Waals surface area (Å²) in [5, 5.41) is 27.7. The number of fused-ring (bicyclic) bond motifs is 3. The third-order valence-electron chi connectivity index (χ3n) is 11.2. The highest BCUT2D eigenvalue weighted by Crippen LogP contribution is 2.58. The number of carboxylic acids is 1. The maximum Gasteiger partial charge on any atom is 0.309 e. The van der Waals surface area contributed by atoms with Crippen molar-refractivity contribution in [3.8, 4) is 11.4 Å². The normalized spacial score (nSPS) is 28.4. The van der Waals surface area contributed by atoms with E-state index in [0.29, 0.717) is 37.0 Å². The van der Waals surface area contributed by atoms with Gasteiger partial charge in [-0.3, -0.25) is 9.78 Å². The molecule has 0 spiro atoms. The van der Waals surface area contributed by atoms with Crippen LogP contribution in [0.25, 0.3) is 11.4 Å². The maximum atomic E-state index is 12.7. The van der Waals surface area contributed by atoms with Crippen LogP contribution in [0.5, 0.6) is 0 Å². The Bertz CT molecular complexity index is 1490. The first-order valence-corrected chi connectivity index (χ1v) is 15.7. The van der Waals surface area contributed by atoms with Crippen molar-refractivity contribution in [1.82, 2.24) is 24.6 Å². The van der Waals surface area contributed by atoms with Crippen molar-refractivity contribution in [2.75, 3.05) is 20.1 Å². The minimum absolute atomic E-state index is 0.112. The molecule has 42 heavy (non-hydrogen) atoms. The fourth-order valence-corrected chi connectivity index (χ4v) is 8.33. The number of hydrogen-bond acceptors (Lipinski definition) is 6. The highest BCUT2D eigenvalue weighted by molar-refractivity contribution is 5.75. The van der Waals surface area contributed by atoms with E-state index in [1.165, 1.54) is 5.56 Å². The third kappa shape index (κ3) is 4.08. The number of aliphatic carboxylic acids is 1. The second-order valence-corrected chi connectivity index (χ2v) is 14.5. The first-order valence-electron chi connectivity index (χ1n) is 15.7. The first kappa shape index (κ1) is 27.7. The smallest absolute Gasteiger partial charge is 0.309 e. The second-order valence-electron chi connectivity index (χ2n) is 14.5. The van der Waals surface area contributed by atoms with Gasteiger partial charge in [-0.2, -0.15) is 5.10 Å². The van der Waals surface area contributed by atoms with E-state index in [1.807, 2.05) is 12.3 Å². The summed E-state index contributed by atoms with van der Waals surface area (Å²) in [6.45, 7) is 8.08. The Hall–Kier alpha value is -3.10. The van der Waals surface area contributed by atoms with Gasteiger partial charge in [0.15, 0.2) is 5.82 Å². The van der Waals surface area contributed by atoms with E-state index < -0.39 is 17.0 Å². The fourth-order valence-electron chi connectivity index (χ4n) is 8.33. The van der Waals surface area contributed by atoms with E-state index in [0.717, 1.165) is 67.7 Å². The van der Waals surface area contributed by atoms with Gasteiger partial charge in [0.25, 0.3) is 0 Å². The minimum atomic E-state index is -1.23. The van der Waals surface area contributed by atoms with Crippen LogP contribution in [0.2, 0.25) is 0 Å². The van der Waals surface area contributed by atoms with Gasteiger partial charge in [0.1, 0.15) is 11.4 Å². The number of hydrogen-bond donors (Lipinski definition) is 2. The van der Waals surface area contributed by atoms with Gasteiger partial charge in [-0.25, -0.2) is 9.67 Å². The summed E-state index contributed by atoms with van der Waals surface area (Å²) in [4.78, 5) is 24.2. The van der Waals surface area contributed by atoms with Crippen molar-refractivity contribution in [3.05, 3.63) is 65.2 Å². The van der Waals surface area contributed by atoms with E-state index in [2.05, 4.69) is 66.7 Å². The molecule has 8 rings (SSSR count). The lowest BCUT2D eigenvalue weighted by atomic mass is 9.53. The van der Waals surface area contributed by atoms with Gasteiger partial charge < -0.3 is 15.1 Å². The van der Waals surface area contributed by atoms with Crippen LogP contribution in [0.3, 0.4) is 0 Å². The molecule has 222 valence electrons. The van der Waals surface area contributed by atoms with Crippen LogP contribution in [0.4, 0.5) is 0 Å². The summed E-state index contributed by atoms with van der Waals surface area (Å²) < 4.78 is 2.15. The van der Waals surface area contributed by atoms with Gasteiger partial charge in [-0.15, -0.1) is 0 Å². The average Bonchev–Trinajstić information content (AvgIpc) is 3.74. The van der Waals surface area contributed by atoms with Gasteiger partial charge in [0, 0.05) is 47.4 Å². The van der Waals surface area contributed by atoms with Gasteiger partial charge in [-0.1, -0.05) is 45.0 Å². The van der Waals surface area contributed by atoms with Crippen LogP contribution in [0, 0.1) is 10.8 Å². The van der Waals surface area contributed by atoms with Crippen molar-refractivity contribution >= 4 is 5.97 Å². The summed E-state index contributed by atoms with van der Waals surface area (Å²) in [6.07, 6.45) is 10.5. The number of benzene rings is 1. The van der Waals surface area contributed by atoms with Crippen LogP contribution in [-0.4, -0.2) is 61.0 Å². The molecular weight excluding hydrogens is 526 g/mol. The number of carboxylic acid groups (broad SMARTS) is 1. The molecule has 1 aliphatic heterocycles. The van der Waals surface area contributed by atoms with Crippen molar-refractivity contribution in [3.63, 3.8) is 0 Å². The van der Waals surface area contributed by atoms with Crippen molar-refractivity contribution in [1.29, 1.82) is 0 Å². The zero-order valence-electron chi connectivity index (χ0n) is 25.3. The van der Waals surface area contributed by atoms with Gasteiger partial charge in [0.2, 0.25) is 0 Å². The standard InChI is InChI=1S/C34H43N5O3/c1-22(2)23-5-7-25(8-6-23)34(42,31(3)20-38(4)21-31)26-17-24(18-35-19-26)28-36-29(39(37-28)27-9-10-27)32-11-14-33(15-12-32,16-13-32)30(40)41/h5-8,17-19,22,27,42H,9-16,20-21H2,1-4H3,(H,40,41). The molecule has 1 atom stereocenters. The molecule has 8 nitrogen and oxygen atoms in total. The summed E-state index contributed by atoms with van der Waals surface area (Å²) in [6, 6.07) is 10.8. The quantitative estimate of drug-likeness (QED) is 0.361. The molecular formula is C34H43N5O3. The Balaban J connectivity index is 1.28. The molecule has 5 aliphatic rings. The number of nitrogens with zero attached hydrogens (tertiary/aromatic N) is 5. The van der Waals surface area contributed by atoms with Crippen molar-refractivity contribution in [2.45, 2.75) is 95.1 Å². The van der Waals surface area contributed by atoms with Crippen LogP contribution in [0.1, 0.15) is 107 Å². The third-order valence-corrected chi connectivity index (χ3v) is 11.2. The molecule has 4 aliphatic carbocycles. The lowest BCUT2D eigenvalue weighted by Crippen LogP contribution is -2.63. The molecule has 2 aromatic heterocycles. The van der Waals surface area contributed by atoms with Crippen LogP contribution in [0.15, 0.2) is 42.7 Å². The number of aromatic nitrogens is 4. The van der Waals surface area contributed by atoms with E-state index >= 15 is 0 Å². The summed E-state index contributed by atoms with van der Waals surface area (Å²) in [5.74, 6) is 1.45. The maximum absolute atomic E-state index is 12.7. The largest absolute Gasteiger partial charge is 0.481 e. The molecule has 3 heterocycles. The molecule has 3 aromatic rings. The van der Waals surface area contributed by atoms with Crippen LogP contribution >= 0.6 is 0 Å². The molecule has 2 bridgehead atoms. The van der Waals surface area contributed by atoms with Crippen LogP contribution < -0.4 is 0 Å². The highest BCUT2D eigenvalue weighted by atomic mass is 16.4. The molecule has 0 amide bonds. The lowest BCUT2D eigenvalue weighted by Gasteiger charge is -2.55. The number of aliphatic hydroxyl groups is 1. The number of carbonyl (C=O) groups is 1. The van der Waals surface area contributed by atoms with Crippen molar-refractivity contribution in [2.24, 2.45) is 10.8 Å². The monoisotopic (exact) mass is 569 g/mol. The van der Waals surface area contributed by atoms with Crippen molar-refractivity contribution < 1.29 is 15.0 Å². The summed E-state index contributed by atoms with van der Waals surface area (Å²) >= 11 is 0. The SMILES string of the molecule is CC(C)c1ccc(C(O)(c2cncc(-c3nc(C45CCC(C(=O)O)(CC4)CC5)n(C4CC4)n3)c2)C2(C)CN(C)C2)cc1. The number of rotatable bonds is 8. The zero-order chi connectivity index (χ0) is 29.5. The molecule has 1 aromatic carbocycles. The Morgan fingerprint density at radius 1 is 1.00 bits per heavy atom. The zero-order valence-corrected chi connectivity index (χ0v) is 25.3. The summed E-state index contributed by atoms with van der Waals surface area (Å²) in [7, 11) is 2.09. The van der Waals surface area contributed by atoms with Gasteiger partial charge >= 0.3 is 5.97 Å². The van der Waals surface area contributed by atoms with Gasteiger partial charge in [-0.05, 0) is 81.5 Å². The first-order chi connectivity index (χ1) is 20.0. The highest BCUT2D eigenvalue weighted by Gasteiger charge is 2.57. The van der Waals surface area contributed by atoms with E-state index in [-0.39, 0.29) is 10.8 Å². The number of likely N-dealkylation sites (tertiary alicyclic amines) is 1. The molecule has 4 saturated carbocycles. The fraction of sp³-hybridized carbons (Fsp3) is 0.588. The Kier molecular flexibility index (Phi) is 6.24. The molecule has 1 saturated heterocycles. The number of pyridine rings is 1. The summed E-state index contributed by atoms with van der Waals surface area (Å²) in [5.41, 5.74) is 1.41. The predicted molar refractivity (Wildman–Crippen MR) is 160 cm³/mol. The average molecular weight is 570 g/mol. The Morgan fingerprint density at radius 3 is 2.19 bits per heavy atom. The van der Waals surface area contributed by atoms with E-state index in [1.54, 1.807) is 6.20 Å². The topological polar surface area (TPSA) is 104 Å². The molecule has 5 fully saturated rings. The van der Waals surface area contributed by atoms with E-state index in [4.69, 9.17) is 10.1 Å². The lowest BCUT2D eigenvalue weighted by molar-refractivity contribution is -0.156. The Labute approximate surface area is 248 Å². The Morgan fingerprint density at radius 2 is 1.64 bits per heavy atom. The van der Waals surface area contributed by atoms with Gasteiger partial charge in [0.05, 0.1) is 11.5 Å². The second kappa shape index (κ2) is 9.45. The molecule has 8 heteroatoms. The van der Waals surface area contributed by atoms with E-state index in [9.17, 15) is 15.0 Å². The van der Waals surface area contributed by atoms with Crippen LogP contribution in [-0.2, 0) is 15.8 Å². The predicted octanol–water partition coefficient (Wildman–Crippen LogP) is 5.66. The molecule has 0 radical (unpaired) electrons. The molecule has 1 unspecified atom stereocenters.